The third-order valence-corrected chi connectivity index (χ3v) is 5.79. The minimum absolute atomic E-state index is 0.154. The van der Waals surface area contributed by atoms with Crippen LogP contribution in [0.4, 0.5) is 5.69 Å². The number of hydrogen-bond donors (Lipinski definition) is 2. The highest BCUT2D eigenvalue weighted by atomic mass is 35.5. The first-order chi connectivity index (χ1) is 13.4. The van der Waals surface area contributed by atoms with Gasteiger partial charge < -0.3 is 9.88 Å². The molecule has 2 aromatic carbocycles. The molecule has 1 aromatic heterocycles. The fourth-order valence-electron chi connectivity index (χ4n) is 2.91. The molecule has 1 aliphatic rings. The lowest BCUT2D eigenvalue weighted by Crippen LogP contribution is -2.24. The van der Waals surface area contributed by atoms with Crippen molar-refractivity contribution in [2.24, 2.45) is 4.99 Å². The van der Waals surface area contributed by atoms with E-state index in [0.717, 1.165) is 0 Å². The van der Waals surface area contributed by atoms with Crippen LogP contribution in [-0.2, 0) is 14.8 Å². The maximum Gasteiger partial charge on any atom is 0.263 e. The van der Waals surface area contributed by atoms with Crippen LogP contribution in [-0.4, -0.2) is 31.3 Å². The van der Waals surface area contributed by atoms with E-state index in [1.165, 1.54) is 6.07 Å². The fourth-order valence-corrected chi connectivity index (χ4v) is 4.33. The highest BCUT2D eigenvalue weighted by Crippen LogP contribution is 2.25. The van der Waals surface area contributed by atoms with Crippen LogP contribution in [0.1, 0.15) is 5.56 Å². The molecule has 1 amide bonds. The Bertz CT molecular complexity index is 1190. The molecule has 3 aromatic rings. The molecular formula is C19H15ClN4O3S. The Morgan fingerprint density at radius 2 is 1.86 bits per heavy atom. The molecule has 0 aliphatic carbocycles. The van der Waals surface area contributed by atoms with Gasteiger partial charge in [0, 0.05) is 23.0 Å². The monoisotopic (exact) mass is 414 g/mol. The number of benzene rings is 2. The van der Waals surface area contributed by atoms with Gasteiger partial charge in [-0.2, -0.15) is 0 Å². The van der Waals surface area contributed by atoms with Gasteiger partial charge in [0.15, 0.2) is 0 Å². The molecule has 0 saturated heterocycles. The molecule has 0 fully saturated rings. The van der Waals surface area contributed by atoms with Gasteiger partial charge in [-0.3, -0.25) is 14.5 Å². The zero-order chi connectivity index (χ0) is 19.7. The van der Waals surface area contributed by atoms with Gasteiger partial charge in [0.25, 0.3) is 10.0 Å². The van der Waals surface area contributed by atoms with E-state index < -0.39 is 10.0 Å². The molecule has 2 heterocycles. The summed E-state index contributed by atoms with van der Waals surface area (Å²) in [7, 11) is -3.63. The lowest BCUT2D eigenvalue weighted by molar-refractivity contribution is -0.114. The van der Waals surface area contributed by atoms with E-state index in [9.17, 15) is 13.2 Å². The number of nitrogens with one attached hydrogen (secondary N) is 2. The lowest BCUT2D eigenvalue weighted by Gasteiger charge is -2.12. The van der Waals surface area contributed by atoms with E-state index in [1.807, 2.05) is 29.1 Å². The molecular weight excluding hydrogens is 400 g/mol. The molecule has 0 radical (unpaired) electrons. The number of aromatic nitrogens is 1. The van der Waals surface area contributed by atoms with Gasteiger partial charge >= 0.3 is 0 Å². The number of sulfonamides is 1. The number of rotatable bonds is 4. The SMILES string of the molecule is O=C(CN=C1NS(=O)(=O)c2ccccc21)Nc1ccc(Cl)cc1-n1cccc1. The van der Waals surface area contributed by atoms with Gasteiger partial charge in [0.1, 0.15) is 12.4 Å². The molecule has 2 N–H and O–H groups in total. The number of carbonyl (C=O) groups is 1. The third kappa shape index (κ3) is 3.51. The largest absolute Gasteiger partial charge is 0.323 e. The molecule has 1 aliphatic heterocycles. The first kappa shape index (κ1) is 18.3. The van der Waals surface area contributed by atoms with E-state index in [0.29, 0.717) is 22.0 Å². The van der Waals surface area contributed by atoms with Crippen LogP contribution in [0, 0.1) is 0 Å². The third-order valence-electron chi connectivity index (χ3n) is 4.16. The predicted molar refractivity (Wildman–Crippen MR) is 108 cm³/mol. The second-order valence-corrected chi connectivity index (χ2v) is 8.15. The second kappa shape index (κ2) is 7.14. The summed E-state index contributed by atoms with van der Waals surface area (Å²) < 4.78 is 28.4. The van der Waals surface area contributed by atoms with Gasteiger partial charge in [-0.05, 0) is 42.5 Å². The molecule has 142 valence electrons. The van der Waals surface area contributed by atoms with Crippen molar-refractivity contribution >= 4 is 39.1 Å². The number of halogens is 1. The van der Waals surface area contributed by atoms with Crippen LogP contribution in [0.25, 0.3) is 5.69 Å². The first-order valence-corrected chi connectivity index (χ1v) is 10.2. The van der Waals surface area contributed by atoms with Crippen LogP contribution in [0.2, 0.25) is 5.02 Å². The maximum absolute atomic E-state index is 12.4. The predicted octanol–water partition coefficient (Wildman–Crippen LogP) is 2.81. The number of anilines is 1. The van der Waals surface area contributed by atoms with Crippen LogP contribution < -0.4 is 10.0 Å². The van der Waals surface area contributed by atoms with Crippen LogP contribution >= 0.6 is 11.6 Å². The van der Waals surface area contributed by atoms with Crippen molar-refractivity contribution < 1.29 is 13.2 Å². The number of carbonyl (C=O) groups excluding carboxylic acids is 1. The number of amidine groups is 1. The number of fused-ring (bicyclic) bond motifs is 1. The lowest BCUT2D eigenvalue weighted by atomic mass is 10.2. The molecule has 0 bridgehead atoms. The Morgan fingerprint density at radius 3 is 2.64 bits per heavy atom. The second-order valence-electron chi connectivity index (χ2n) is 6.07. The Kier molecular flexibility index (Phi) is 4.66. The summed E-state index contributed by atoms with van der Waals surface area (Å²) in [6, 6.07) is 15.3. The Hall–Kier alpha value is -3.10. The van der Waals surface area contributed by atoms with Crippen molar-refractivity contribution in [1.29, 1.82) is 0 Å². The molecule has 28 heavy (non-hydrogen) atoms. The van der Waals surface area contributed by atoms with Gasteiger partial charge in [-0.15, -0.1) is 0 Å². The smallest absolute Gasteiger partial charge is 0.263 e. The van der Waals surface area contributed by atoms with Crippen molar-refractivity contribution in [3.05, 3.63) is 77.6 Å². The average molecular weight is 415 g/mol. The highest BCUT2D eigenvalue weighted by Gasteiger charge is 2.30. The van der Waals surface area contributed by atoms with Crippen molar-refractivity contribution in [3.63, 3.8) is 0 Å². The van der Waals surface area contributed by atoms with E-state index in [4.69, 9.17) is 11.6 Å². The van der Waals surface area contributed by atoms with Crippen molar-refractivity contribution in [1.82, 2.24) is 9.29 Å². The quantitative estimate of drug-likeness (QED) is 0.687. The topological polar surface area (TPSA) is 92.6 Å². The Labute approximate surface area is 166 Å². The molecule has 0 saturated carbocycles. The fraction of sp³-hybridized carbons (Fsp3) is 0.0526. The van der Waals surface area contributed by atoms with Crippen molar-refractivity contribution in [2.45, 2.75) is 4.90 Å². The van der Waals surface area contributed by atoms with Gasteiger partial charge in [0.05, 0.1) is 16.3 Å². The van der Waals surface area contributed by atoms with Crippen molar-refractivity contribution in [3.8, 4) is 5.69 Å². The maximum atomic E-state index is 12.4. The molecule has 7 nitrogen and oxygen atoms in total. The molecule has 0 atom stereocenters. The molecule has 9 heteroatoms. The minimum atomic E-state index is -3.63. The minimum Gasteiger partial charge on any atom is -0.323 e. The zero-order valence-electron chi connectivity index (χ0n) is 14.5. The zero-order valence-corrected chi connectivity index (χ0v) is 16.0. The van der Waals surface area contributed by atoms with Gasteiger partial charge in [0.2, 0.25) is 5.91 Å². The summed E-state index contributed by atoms with van der Waals surface area (Å²) in [6.07, 6.45) is 3.68. The van der Waals surface area contributed by atoms with Crippen LogP contribution in [0.5, 0.6) is 0 Å². The normalized spacial score (nSPS) is 15.8. The summed E-state index contributed by atoms with van der Waals surface area (Å²) in [4.78, 5) is 16.7. The standard InChI is InChI=1S/C19H15ClN4O3S/c20-13-7-8-15(16(11-13)24-9-3-4-10-24)22-18(25)12-21-19-14-5-1-2-6-17(14)28(26,27)23-19/h1-11H,12H2,(H,21,23)(H,22,25). The number of aliphatic imine (C=N–C) groups is 1. The molecule has 4 rings (SSSR count). The summed E-state index contributed by atoms with van der Waals surface area (Å²) >= 11 is 6.08. The molecule has 0 unspecified atom stereocenters. The Balaban J connectivity index is 1.55. The first-order valence-electron chi connectivity index (χ1n) is 8.33. The summed E-state index contributed by atoms with van der Waals surface area (Å²) in [5.74, 6) is -0.223. The molecule has 0 spiro atoms. The number of nitrogens with zero attached hydrogens (tertiary/aromatic N) is 2. The van der Waals surface area contributed by atoms with Gasteiger partial charge in [-0.1, -0.05) is 23.7 Å². The summed E-state index contributed by atoms with van der Waals surface area (Å²) in [5.41, 5.74) is 1.73. The number of amides is 1. The van der Waals surface area contributed by atoms with E-state index >= 15 is 0 Å². The highest BCUT2D eigenvalue weighted by molar-refractivity contribution is 7.90. The van der Waals surface area contributed by atoms with E-state index in [-0.39, 0.29) is 23.2 Å². The van der Waals surface area contributed by atoms with E-state index in [2.05, 4.69) is 15.0 Å². The van der Waals surface area contributed by atoms with Crippen molar-refractivity contribution in [2.75, 3.05) is 11.9 Å². The van der Waals surface area contributed by atoms with Gasteiger partial charge in [-0.25, -0.2) is 8.42 Å². The van der Waals surface area contributed by atoms with E-state index in [1.54, 1.807) is 36.4 Å². The Morgan fingerprint density at radius 1 is 1.11 bits per heavy atom. The summed E-state index contributed by atoms with van der Waals surface area (Å²) in [5, 5.41) is 3.33. The van der Waals surface area contributed by atoms with Crippen LogP contribution in [0.3, 0.4) is 0 Å². The number of hydrogen-bond acceptors (Lipinski definition) is 4. The van der Waals surface area contributed by atoms with Crippen LogP contribution in [0.15, 0.2) is 76.9 Å². The summed E-state index contributed by atoms with van der Waals surface area (Å²) in [6.45, 7) is -0.236. The average Bonchev–Trinajstić information content (AvgIpc) is 3.29.